The maximum absolute atomic E-state index is 12.4. The Balaban J connectivity index is 1.61. The van der Waals surface area contributed by atoms with E-state index in [1.54, 1.807) is 66.7 Å². The highest BCUT2D eigenvalue weighted by Crippen LogP contribution is 2.27. The van der Waals surface area contributed by atoms with Crippen molar-refractivity contribution in [2.24, 2.45) is 0 Å². The smallest absolute Gasteiger partial charge is 0.344 e. The van der Waals surface area contributed by atoms with Crippen LogP contribution in [0.25, 0.3) is 22.1 Å². The van der Waals surface area contributed by atoms with Gasteiger partial charge in [0.15, 0.2) is 5.38 Å². The minimum absolute atomic E-state index is 0.242. The molecule has 4 rings (SSSR count). The van der Waals surface area contributed by atoms with Crippen molar-refractivity contribution < 1.29 is 13.9 Å². The van der Waals surface area contributed by atoms with Crippen molar-refractivity contribution in [3.63, 3.8) is 0 Å². The summed E-state index contributed by atoms with van der Waals surface area (Å²) in [5.74, 6) is -0.371. The molecule has 144 valence electrons. The number of halogens is 2. The Bertz CT molecular complexity index is 1230. The molecule has 1 heterocycles. The van der Waals surface area contributed by atoms with Gasteiger partial charge < -0.3 is 9.15 Å². The minimum atomic E-state index is -0.939. The Morgan fingerprint density at radius 3 is 2.38 bits per heavy atom. The van der Waals surface area contributed by atoms with Crippen LogP contribution < -0.4 is 10.4 Å². The zero-order chi connectivity index (χ0) is 20.4. The molecule has 1 aromatic heterocycles. The molecule has 0 fully saturated rings. The van der Waals surface area contributed by atoms with Gasteiger partial charge in [0.1, 0.15) is 11.3 Å². The summed E-state index contributed by atoms with van der Waals surface area (Å²) in [7, 11) is 0. The van der Waals surface area contributed by atoms with Crippen molar-refractivity contribution >= 4 is 40.1 Å². The number of benzene rings is 3. The fourth-order valence-electron chi connectivity index (χ4n) is 2.91. The Hall–Kier alpha value is -3.08. The van der Waals surface area contributed by atoms with E-state index in [0.717, 1.165) is 0 Å². The molecule has 0 spiro atoms. The van der Waals surface area contributed by atoms with Gasteiger partial charge in [0.05, 0.1) is 5.56 Å². The number of ether oxygens (including phenoxy) is 1. The summed E-state index contributed by atoms with van der Waals surface area (Å²) in [4.78, 5) is 24.7. The molecule has 0 radical (unpaired) electrons. The number of carbonyl (C=O) groups is 1. The van der Waals surface area contributed by atoms with Gasteiger partial charge in [-0.2, -0.15) is 0 Å². The number of rotatable bonds is 4. The second-order valence-electron chi connectivity index (χ2n) is 6.35. The molecule has 0 aliphatic heterocycles. The van der Waals surface area contributed by atoms with Crippen LogP contribution in [0.5, 0.6) is 5.75 Å². The first-order valence-corrected chi connectivity index (χ1v) is 9.57. The summed E-state index contributed by atoms with van der Waals surface area (Å²) in [5.41, 5.74) is 1.57. The Labute approximate surface area is 176 Å². The normalized spacial score (nSPS) is 11.9. The minimum Gasteiger partial charge on any atom is -0.425 e. The molecule has 1 unspecified atom stereocenters. The predicted octanol–water partition coefficient (Wildman–Crippen LogP) is 6.00. The Morgan fingerprint density at radius 2 is 1.66 bits per heavy atom. The van der Waals surface area contributed by atoms with Crippen molar-refractivity contribution in [1.82, 2.24) is 0 Å². The third-order valence-electron chi connectivity index (χ3n) is 4.38. The van der Waals surface area contributed by atoms with Gasteiger partial charge in [-0.3, -0.25) is 0 Å². The van der Waals surface area contributed by atoms with Crippen LogP contribution in [0.2, 0.25) is 5.02 Å². The highest BCUT2D eigenvalue weighted by Gasteiger charge is 2.20. The van der Waals surface area contributed by atoms with E-state index in [-0.39, 0.29) is 5.75 Å². The number of fused-ring (bicyclic) bond motifs is 1. The standard InChI is InChI=1S/C23H14Cl2O4/c24-17-9-6-14(7-10-17)19-12-16-8-11-18(13-20(16)29-22(19)26)28-23(27)21(25)15-4-2-1-3-5-15/h1-13,21H. The third-order valence-corrected chi connectivity index (χ3v) is 5.06. The highest BCUT2D eigenvalue weighted by molar-refractivity contribution is 6.30. The average molecular weight is 425 g/mol. The first kappa shape index (κ1) is 19.2. The van der Waals surface area contributed by atoms with Gasteiger partial charge in [-0.05, 0) is 41.5 Å². The van der Waals surface area contributed by atoms with Crippen LogP contribution in [0, 0.1) is 0 Å². The summed E-state index contributed by atoms with van der Waals surface area (Å²) >= 11 is 12.1. The van der Waals surface area contributed by atoms with Crippen molar-refractivity contribution in [2.75, 3.05) is 0 Å². The molecule has 0 bridgehead atoms. The molecule has 4 nitrogen and oxygen atoms in total. The van der Waals surface area contributed by atoms with Crippen LogP contribution in [-0.2, 0) is 4.79 Å². The number of hydrogen-bond donors (Lipinski definition) is 0. The first-order chi connectivity index (χ1) is 14.0. The van der Waals surface area contributed by atoms with Crippen LogP contribution in [-0.4, -0.2) is 5.97 Å². The highest BCUT2D eigenvalue weighted by atomic mass is 35.5. The SMILES string of the molecule is O=C(Oc1ccc2cc(-c3ccc(Cl)cc3)c(=O)oc2c1)C(Cl)c1ccccc1. The predicted molar refractivity (Wildman–Crippen MR) is 114 cm³/mol. The summed E-state index contributed by atoms with van der Waals surface area (Å²) in [6, 6.07) is 22.4. The van der Waals surface area contributed by atoms with E-state index in [1.165, 1.54) is 6.07 Å². The van der Waals surface area contributed by atoms with Gasteiger partial charge >= 0.3 is 11.6 Å². The third kappa shape index (κ3) is 4.19. The topological polar surface area (TPSA) is 56.5 Å². The number of alkyl halides is 1. The van der Waals surface area contributed by atoms with E-state index >= 15 is 0 Å². The van der Waals surface area contributed by atoms with E-state index in [0.29, 0.717) is 32.7 Å². The fourth-order valence-corrected chi connectivity index (χ4v) is 3.23. The first-order valence-electron chi connectivity index (χ1n) is 8.76. The van der Waals surface area contributed by atoms with Gasteiger partial charge in [-0.1, -0.05) is 54.1 Å². The largest absolute Gasteiger partial charge is 0.425 e. The van der Waals surface area contributed by atoms with Gasteiger partial charge in [0, 0.05) is 16.5 Å². The van der Waals surface area contributed by atoms with Crippen molar-refractivity contribution in [3.8, 4) is 16.9 Å². The molecule has 0 amide bonds. The van der Waals surface area contributed by atoms with Gasteiger partial charge in [0.25, 0.3) is 0 Å². The quantitative estimate of drug-likeness (QED) is 0.174. The summed E-state index contributed by atoms with van der Waals surface area (Å²) in [5, 5.41) is 0.338. The van der Waals surface area contributed by atoms with Crippen LogP contribution in [0.15, 0.2) is 88.1 Å². The lowest BCUT2D eigenvalue weighted by molar-refractivity contribution is -0.134. The lowest BCUT2D eigenvalue weighted by Crippen LogP contribution is -2.14. The van der Waals surface area contributed by atoms with Crippen molar-refractivity contribution in [3.05, 3.63) is 99.9 Å². The number of hydrogen-bond acceptors (Lipinski definition) is 4. The second kappa shape index (κ2) is 8.11. The molecule has 0 aliphatic rings. The van der Waals surface area contributed by atoms with Gasteiger partial charge in [0.2, 0.25) is 0 Å². The molecule has 1 atom stereocenters. The van der Waals surface area contributed by atoms with E-state index in [1.807, 2.05) is 6.07 Å². The van der Waals surface area contributed by atoms with E-state index in [4.69, 9.17) is 32.4 Å². The maximum atomic E-state index is 12.4. The number of esters is 1. The summed E-state index contributed by atoms with van der Waals surface area (Å²) < 4.78 is 10.8. The van der Waals surface area contributed by atoms with E-state index < -0.39 is 17.0 Å². The second-order valence-corrected chi connectivity index (χ2v) is 7.22. The molecule has 0 saturated carbocycles. The summed E-state index contributed by atoms with van der Waals surface area (Å²) in [6.07, 6.45) is 0. The number of carbonyl (C=O) groups excluding carboxylic acids is 1. The molecular weight excluding hydrogens is 411 g/mol. The van der Waals surface area contributed by atoms with Crippen LogP contribution in [0.1, 0.15) is 10.9 Å². The van der Waals surface area contributed by atoms with Gasteiger partial charge in [-0.25, -0.2) is 9.59 Å². The summed E-state index contributed by atoms with van der Waals surface area (Å²) in [6.45, 7) is 0. The maximum Gasteiger partial charge on any atom is 0.344 e. The zero-order valence-electron chi connectivity index (χ0n) is 15.0. The molecule has 0 saturated heterocycles. The molecule has 4 aromatic rings. The van der Waals surface area contributed by atoms with E-state index in [2.05, 4.69) is 0 Å². The van der Waals surface area contributed by atoms with Crippen LogP contribution in [0.3, 0.4) is 0 Å². The van der Waals surface area contributed by atoms with Crippen molar-refractivity contribution in [1.29, 1.82) is 0 Å². The molecule has 6 heteroatoms. The zero-order valence-corrected chi connectivity index (χ0v) is 16.5. The molecule has 29 heavy (non-hydrogen) atoms. The fraction of sp³-hybridized carbons (Fsp3) is 0.0435. The lowest BCUT2D eigenvalue weighted by Gasteiger charge is -2.10. The molecule has 0 N–H and O–H groups in total. The average Bonchev–Trinajstić information content (AvgIpc) is 2.74. The Kier molecular flexibility index (Phi) is 5.38. The molecular formula is C23H14Cl2O4. The molecule has 3 aromatic carbocycles. The monoisotopic (exact) mass is 424 g/mol. The van der Waals surface area contributed by atoms with Crippen LogP contribution >= 0.6 is 23.2 Å². The molecule has 0 aliphatic carbocycles. The lowest BCUT2D eigenvalue weighted by atomic mass is 10.1. The van der Waals surface area contributed by atoms with Crippen molar-refractivity contribution in [2.45, 2.75) is 5.38 Å². The Morgan fingerprint density at radius 1 is 0.931 bits per heavy atom. The van der Waals surface area contributed by atoms with Crippen LogP contribution in [0.4, 0.5) is 0 Å². The van der Waals surface area contributed by atoms with Gasteiger partial charge in [-0.15, -0.1) is 11.6 Å². The van der Waals surface area contributed by atoms with E-state index in [9.17, 15) is 9.59 Å².